The Balaban J connectivity index is 1.38. The molecule has 12 heteroatoms. The number of nitrogens with zero attached hydrogens (tertiary/aromatic N) is 4. The number of aromatic nitrogens is 4. The van der Waals surface area contributed by atoms with Crippen LogP contribution >= 0.6 is 0 Å². The molecule has 0 saturated heterocycles. The topological polar surface area (TPSA) is 104 Å². The summed E-state index contributed by atoms with van der Waals surface area (Å²) >= 11 is 0. The third-order valence-electron chi connectivity index (χ3n) is 7.35. The molecular weight excluding hydrogens is 552 g/mol. The molecule has 4 aromatic rings. The lowest BCUT2D eigenvalue weighted by atomic mass is 9.84. The van der Waals surface area contributed by atoms with Gasteiger partial charge in [-0.1, -0.05) is 48.6 Å². The smallest absolute Gasteiger partial charge is 0.308 e. The first-order chi connectivity index (χ1) is 20.2. The highest BCUT2D eigenvalue weighted by atomic mass is 19.4. The van der Waals surface area contributed by atoms with Crippen molar-refractivity contribution in [2.45, 2.75) is 57.2 Å². The zero-order valence-corrected chi connectivity index (χ0v) is 22.5. The third-order valence-corrected chi connectivity index (χ3v) is 7.35. The number of carbonyl (C=O) groups excluding carboxylic acids is 2. The van der Waals surface area contributed by atoms with Crippen LogP contribution in [0.1, 0.15) is 70.6 Å². The van der Waals surface area contributed by atoms with E-state index in [-0.39, 0.29) is 18.1 Å². The molecule has 0 radical (unpaired) electrons. The van der Waals surface area contributed by atoms with Gasteiger partial charge in [0.05, 0.1) is 18.5 Å². The molecule has 2 N–H and O–H groups in total. The lowest BCUT2D eigenvalue weighted by Crippen LogP contribution is -2.32. The molecule has 1 aliphatic carbocycles. The fourth-order valence-electron chi connectivity index (χ4n) is 5.20. The number of amides is 2. The highest BCUT2D eigenvalue weighted by Gasteiger charge is 2.32. The molecule has 0 unspecified atom stereocenters. The molecule has 218 valence electrons. The Morgan fingerprint density at radius 2 is 1.64 bits per heavy atom. The zero-order valence-electron chi connectivity index (χ0n) is 22.5. The van der Waals surface area contributed by atoms with Gasteiger partial charge in [0.2, 0.25) is 5.91 Å². The zero-order chi connectivity index (χ0) is 29.7. The summed E-state index contributed by atoms with van der Waals surface area (Å²) in [6.45, 7) is 0.0792. The van der Waals surface area contributed by atoms with Gasteiger partial charge >= 0.3 is 6.18 Å². The van der Waals surface area contributed by atoms with Gasteiger partial charge in [-0.15, -0.1) is 5.10 Å². The number of halogens is 4. The maximum Gasteiger partial charge on any atom is 0.416 e. The Morgan fingerprint density at radius 1 is 0.929 bits per heavy atom. The maximum atomic E-state index is 14.1. The number of aromatic amines is 1. The second-order valence-electron chi connectivity index (χ2n) is 10.3. The van der Waals surface area contributed by atoms with Gasteiger partial charge in [0.1, 0.15) is 5.82 Å². The van der Waals surface area contributed by atoms with Crippen molar-refractivity contribution in [3.63, 3.8) is 0 Å². The van der Waals surface area contributed by atoms with Crippen LogP contribution in [0.4, 0.5) is 29.2 Å². The van der Waals surface area contributed by atoms with Gasteiger partial charge in [0, 0.05) is 11.3 Å². The van der Waals surface area contributed by atoms with Crippen LogP contribution in [0.3, 0.4) is 0 Å². The number of hydrogen-bond acceptors (Lipinski definition) is 5. The van der Waals surface area contributed by atoms with E-state index in [2.05, 4.69) is 25.9 Å². The van der Waals surface area contributed by atoms with E-state index in [0.717, 1.165) is 25.0 Å². The predicted octanol–water partition coefficient (Wildman–Crippen LogP) is 6.43. The van der Waals surface area contributed by atoms with Crippen LogP contribution in [0.25, 0.3) is 0 Å². The Hall–Kier alpha value is -4.61. The first kappa shape index (κ1) is 28.9. The second-order valence-corrected chi connectivity index (χ2v) is 10.3. The van der Waals surface area contributed by atoms with Gasteiger partial charge in [-0.2, -0.15) is 18.4 Å². The minimum Gasteiger partial charge on any atom is -0.308 e. The van der Waals surface area contributed by atoms with Gasteiger partial charge in [0.15, 0.2) is 0 Å². The fourth-order valence-corrected chi connectivity index (χ4v) is 5.20. The fraction of sp³-hybridized carbons (Fsp3) is 0.300. The third kappa shape index (κ3) is 7.17. The van der Waals surface area contributed by atoms with Crippen molar-refractivity contribution in [2.75, 3.05) is 10.2 Å². The van der Waals surface area contributed by atoms with Crippen LogP contribution in [0.5, 0.6) is 0 Å². The van der Waals surface area contributed by atoms with Gasteiger partial charge in [0.25, 0.3) is 11.9 Å². The lowest BCUT2D eigenvalue weighted by molar-refractivity contribution is -0.138. The van der Waals surface area contributed by atoms with Crippen molar-refractivity contribution in [3.8, 4) is 0 Å². The number of alkyl halides is 3. The average molecular weight is 581 g/mol. The van der Waals surface area contributed by atoms with Crippen LogP contribution < -0.4 is 10.2 Å². The van der Waals surface area contributed by atoms with E-state index in [1.165, 1.54) is 29.7 Å². The van der Waals surface area contributed by atoms with Crippen molar-refractivity contribution < 1.29 is 27.2 Å². The molecule has 1 heterocycles. The molecule has 1 saturated carbocycles. The van der Waals surface area contributed by atoms with E-state index in [1.54, 1.807) is 24.3 Å². The van der Waals surface area contributed by atoms with E-state index in [1.807, 2.05) is 24.3 Å². The van der Waals surface area contributed by atoms with Crippen LogP contribution in [-0.4, -0.2) is 32.4 Å². The molecule has 1 aliphatic rings. The summed E-state index contributed by atoms with van der Waals surface area (Å²) in [5, 5.41) is 15.5. The minimum absolute atomic E-state index is 0.0172. The lowest BCUT2D eigenvalue weighted by Gasteiger charge is -2.26. The molecule has 0 atom stereocenters. The highest BCUT2D eigenvalue weighted by molar-refractivity contribution is 6.03. The summed E-state index contributed by atoms with van der Waals surface area (Å²) in [5.74, 6) is -1.55. The average Bonchev–Trinajstić information content (AvgIpc) is 3.49. The molecule has 42 heavy (non-hydrogen) atoms. The molecular formula is C30H28F4N6O2. The molecule has 0 bridgehead atoms. The van der Waals surface area contributed by atoms with Crippen LogP contribution in [0.15, 0.2) is 66.7 Å². The van der Waals surface area contributed by atoms with E-state index >= 15 is 0 Å². The molecule has 1 aromatic heterocycles. The predicted molar refractivity (Wildman–Crippen MR) is 147 cm³/mol. The van der Waals surface area contributed by atoms with Crippen molar-refractivity contribution in [3.05, 3.63) is 100 Å². The molecule has 0 aliphatic heterocycles. The van der Waals surface area contributed by atoms with Gasteiger partial charge in [-0.05, 0) is 83.1 Å². The Bertz CT molecular complexity index is 1520. The van der Waals surface area contributed by atoms with Crippen LogP contribution in [-0.2, 0) is 23.9 Å². The first-order valence-electron chi connectivity index (χ1n) is 13.6. The Kier molecular flexibility index (Phi) is 8.60. The van der Waals surface area contributed by atoms with E-state index < -0.39 is 35.8 Å². The molecule has 8 nitrogen and oxygen atoms in total. The molecule has 5 rings (SSSR count). The van der Waals surface area contributed by atoms with Crippen LogP contribution in [0.2, 0.25) is 0 Å². The Labute approximate surface area is 239 Å². The van der Waals surface area contributed by atoms with Gasteiger partial charge in [-0.25, -0.2) is 4.39 Å². The maximum absolute atomic E-state index is 14.1. The van der Waals surface area contributed by atoms with Crippen molar-refractivity contribution in [1.29, 1.82) is 0 Å². The molecule has 1 fully saturated rings. The van der Waals surface area contributed by atoms with E-state index in [0.29, 0.717) is 28.8 Å². The molecule has 0 spiro atoms. The number of benzene rings is 3. The molecule has 2 amide bonds. The van der Waals surface area contributed by atoms with E-state index in [4.69, 9.17) is 0 Å². The standard InChI is InChI=1S/C30H28F4N6O2/c31-25-15-20(14-24(17-25)30(32,33)34)16-27(41)40(26-12-10-22(11-13-26)21-4-2-1-3-5-21)18-19-6-8-23(9-7-19)28(42)35-29-36-38-39-37-29/h6-15,17,21H,1-5,16,18H2,(H2,35,36,37,38,39,42). The van der Waals surface area contributed by atoms with E-state index in [9.17, 15) is 27.2 Å². The number of nitrogens with one attached hydrogen (secondary N) is 2. The highest BCUT2D eigenvalue weighted by Crippen LogP contribution is 2.34. The first-order valence-corrected chi connectivity index (χ1v) is 13.6. The number of rotatable bonds is 8. The van der Waals surface area contributed by atoms with Gasteiger partial charge < -0.3 is 4.90 Å². The monoisotopic (exact) mass is 580 g/mol. The summed E-state index contributed by atoms with van der Waals surface area (Å²) in [7, 11) is 0. The van der Waals surface area contributed by atoms with Crippen molar-refractivity contribution in [1.82, 2.24) is 20.6 Å². The second kappa shape index (κ2) is 12.5. The van der Waals surface area contributed by atoms with Crippen molar-refractivity contribution in [2.24, 2.45) is 0 Å². The number of hydrogen-bond donors (Lipinski definition) is 2. The Morgan fingerprint density at radius 3 is 2.29 bits per heavy atom. The summed E-state index contributed by atoms with van der Waals surface area (Å²) in [6.07, 6.45) is 0.611. The molecule has 3 aromatic carbocycles. The number of tetrazole rings is 1. The largest absolute Gasteiger partial charge is 0.416 e. The minimum atomic E-state index is -4.74. The van der Waals surface area contributed by atoms with Crippen LogP contribution in [0, 0.1) is 5.82 Å². The number of H-pyrrole nitrogens is 1. The summed E-state index contributed by atoms with van der Waals surface area (Å²) < 4.78 is 53.9. The summed E-state index contributed by atoms with van der Waals surface area (Å²) in [6, 6.07) is 16.3. The normalized spacial score (nSPS) is 14.0. The number of carbonyl (C=O) groups is 2. The summed E-state index contributed by atoms with van der Waals surface area (Å²) in [5.41, 5.74) is 1.51. The summed E-state index contributed by atoms with van der Waals surface area (Å²) in [4.78, 5) is 27.5. The van der Waals surface area contributed by atoms with Crippen molar-refractivity contribution >= 4 is 23.5 Å². The SMILES string of the molecule is O=C(Nc1nn[nH]n1)c1ccc(CN(C(=O)Cc2cc(F)cc(C(F)(F)F)c2)c2ccc(C3CCCCC3)cc2)cc1. The van der Waals surface area contributed by atoms with Gasteiger partial charge in [-0.3, -0.25) is 14.9 Å². The number of anilines is 2. The quantitative estimate of drug-likeness (QED) is 0.234.